The van der Waals surface area contributed by atoms with Gasteiger partial charge in [-0.05, 0) is 39.7 Å². The molecule has 1 fully saturated rings. The second-order valence-corrected chi connectivity index (χ2v) is 7.73. The fraction of sp³-hybridized carbons (Fsp3) is 0.909. The van der Waals surface area contributed by atoms with Gasteiger partial charge in [0, 0.05) is 6.04 Å². The van der Waals surface area contributed by atoms with Crippen molar-refractivity contribution in [3.05, 3.63) is 0 Å². The Kier molecular flexibility index (Phi) is 4.55. The van der Waals surface area contributed by atoms with Crippen LogP contribution in [0.1, 0.15) is 39.5 Å². The third-order valence-corrected chi connectivity index (χ3v) is 5.94. The summed E-state index contributed by atoms with van der Waals surface area (Å²) in [5.74, 6) is -1.35. The van der Waals surface area contributed by atoms with E-state index >= 15 is 0 Å². The number of carbonyl (C=O) groups is 1. The van der Waals surface area contributed by atoms with Crippen LogP contribution in [0.15, 0.2) is 0 Å². The summed E-state index contributed by atoms with van der Waals surface area (Å²) in [6.45, 7) is 3.42. The molecule has 0 radical (unpaired) electrons. The Balaban J connectivity index is 2.58. The Morgan fingerprint density at radius 2 is 2.06 bits per heavy atom. The zero-order chi connectivity index (χ0) is 13.1. The van der Waals surface area contributed by atoms with E-state index in [1.807, 2.05) is 0 Å². The van der Waals surface area contributed by atoms with Crippen molar-refractivity contribution in [3.8, 4) is 0 Å². The Morgan fingerprint density at radius 3 is 2.53 bits per heavy atom. The maximum Gasteiger partial charge on any atom is 0.324 e. The second-order valence-electron chi connectivity index (χ2n) is 5.07. The van der Waals surface area contributed by atoms with Gasteiger partial charge >= 0.3 is 5.97 Å². The van der Waals surface area contributed by atoms with Gasteiger partial charge in [0.05, 0.1) is 5.75 Å². The zero-order valence-electron chi connectivity index (χ0n) is 10.4. The number of aliphatic carboxylic acids is 1. The first-order valence-electron chi connectivity index (χ1n) is 5.96. The first-order valence-corrected chi connectivity index (χ1v) is 7.61. The number of nitrogens with one attached hydrogen (secondary N) is 1. The highest BCUT2D eigenvalue weighted by Crippen LogP contribution is 2.20. The summed E-state index contributed by atoms with van der Waals surface area (Å²) >= 11 is 0. The van der Waals surface area contributed by atoms with Crippen molar-refractivity contribution >= 4 is 15.8 Å². The van der Waals surface area contributed by atoms with E-state index in [-0.39, 0.29) is 11.8 Å². The summed E-state index contributed by atoms with van der Waals surface area (Å²) in [7, 11) is -3.60. The summed E-state index contributed by atoms with van der Waals surface area (Å²) in [5.41, 5.74) is 0. The average molecular weight is 263 g/mol. The minimum Gasteiger partial charge on any atom is -0.480 e. The normalized spacial score (nSPS) is 22.4. The quantitative estimate of drug-likeness (QED) is 0.766. The van der Waals surface area contributed by atoms with Crippen LogP contribution in [0.25, 0.3) is 0 Å². The molecule has 0 aliphatic carbocycles. The number of carboxylic acid groups (broad SMARTS) is 1. The minimum absolute atomic E-state index is 0.0655. The maximum absolute atomic E-state index is 11.9. The Bertz CT molecular complexity index is 369. The van der Waals surface area contributed by atoms with Gasteiger partial charge in [-0.2, -0.15) is 0 Å². The molecule has 6 heteroatoms. The maximum atomic E-state index is 11.9. The van der Waals surface area contributed by atoms with E-state index in [1.54, 1.807) is 0 Å². The van der Waals surface area contributed by atoms with E-state index in [0.717, 1.165) is 25.8 Å². The first-order chi connectivity index (χ1) is 7.77. The van der Waals surface area contributed by atoms with Crippen LogP contribution >= 0.6 is 0 Å². The molecule has 0 aromatic rings. The van der Waals surface area contributed by atoms with E-state index in [4.69, 9.17) is 5.11 Å². The minimum atomic E-state index is -3.60. The van der Waals surface area contributed by atoms with Gasteiger partial charge in [0.25, 0.3) is 0 Å². The third-order valence-electron chi connectivity index (χ3n) is 3.44. The number of piperidine rings is 1. The van der Waals surface area contributed by atoms with Crippen molar-refractivity contribution in [2.45, 2.75) is 50.3 Å². The predicted octanol–water partition coefficient (Wildman–Crippen LogP) is 0.797. The van der Waals surface area contributed by atoms with Gasteiger partial charge in [0.1, 0.15) is 0 Å². The van der Waals surface area contributed by atoms with E-state index in [1.165, 1.54) is 13.8 Å². The molecule has 1 unspecified atom stereocenters. The molecule has 1 saturated heterocycles. The molecular weight excluding hydrogens is 242 g/mol. The van der Waals surface area contributed by atoms with Crippen molar-refractivity contribution < 1.29 is 18.3 Å². The summed E-state index contributed by atoms with van der Waals surface area (Å²) in [5, 5.41) is 12.2. The van der Waals surface area contributed by atoms with Gasteiger partial charge in [-0.3, -0.25) is 4.79 Å². The van der Waals surface area contributed by atoms with E-state index < -0.39 is 20.6 Å². The molecule has 17 heavy (non-hydrogen) atoms. The molecule has 5 nitrogen and oxygen atoms in total. The van der Waals surface area contributed by atoms with Crippen LogP contribution < -0.4 is 5.32 Å². The lowest BCUT2D eigenvalue weighted by atomic mass is 10.0. The Morgan fingerprint density at radius 1 is 1.41 bits per heavy atom. The van der Waals surface area contributed by atoms with Crippen LogP contribution in [-0.4, -0.2) is 42.6 Å². The van der Waals surface area contributed by atoms with Crippen LogP contribution in [0.3, 0.4) is 0 Å². The SMILES string of the molecule is CC(C)(C(=O)O)S(=O)(=O)CCC1CCCCN1. The molecule has 2 N–H and O–H groups in total. The predicted molar refractivity (Wildman–Crippen MR) is 65.8 cm³/mol. The summed E-state index contributed by atoms with van der Waals surface area (Å²) in [6.07, 6.45) is 3.71. The lowest BCUT2D eigenvalue weighted by Crippen LogP contribution is -2.43. The topological polar surface area (TPSA) is 83.5 Å². The number of carboxylic acids is 1. The van der Waals surface area contributed by atoms with Crippen LogP contribution in [0.4, 0.5) is 0 Å². The van der Waals surface area contributed by atoms with Gasteiger partial charge in [-0.1, -0.05) is 6.42 Å². The zero-order valence-corrected chi connectivity index (χ0v) is 11.2. The van der Waals surface area contributed by atoms with E-state index in [0.29, 0.717) is 6.42 Å². The van der Waals surface area contributed by atoms with Gasteiger partial charge in [-0.15, -0.1) is 0 Å². The molecule has 1 aliphatic rings. The monoisotopic (exact) mass is 263 g/mol. The van der Waals surface area contributed by atoms with Crippen molar-refractivity contribution in [1.82, 2.24) is 5.32 Å². The highest BCUT2D eigenvalue weighted by molar-refractivity contribution is 7.93. The van der Waals surface area contributed by atoms with Crippen molar-refractivity contribution in [3.63, 3.8) is 0 Å². The highest BCUT2D eigenvalue weighted by atomic mass is 32.2. The molecule has 100 valence electrons. The molecule has 0 bridgehead atoms. The van der Waals surface area contributed by atoms with Crippen molar-refractivity contribution in [2.24, 2.45) is 0 Å². The van der Waals surface area contributed by atoms with Gasteiger partial charge < -0.3 is 10.4 Å². The Hall–Kier alpha value is -0.620. The van der Waals surface area contributed by atoms with Crippen LogP contribution in [0.5, 0.6) is 0 Å². The van der Waals surface area contributed by atoms with Crippen LogP contribution in [-0.2, 0) is 14.6 Å². The Labute approximate surface area is 103 Å². The molecule has 1 atom stereocenters. The lowest BCUT2D eigenvalue weighted by Gasteiger charge is -2.25. The fourth-order valence-corrected chi connectivity index (χ4v) is 3.23. The third kappa shape index (κ3) is 3.42. The molecule has 0 saturated carbocycles. The fourth-order valence-electron chi connectivity index (χ4n) is 1.86. The van der Waals surface area contributed by atoms with Gasteiger partial charge in [0.2, 0.25) is 0 Å². The van der Waals surface area contributed by atoms with Gasteiger partial charge in [0.15, 0.2) is 14.6 Å². The second kappa shape index (κ2) is 5.35. The van der Waals surface area contributed by atoms with Crippen molar-refractivity contribution in [2.75, 3.05) is 12.3 Å². The summed E-state index contributed by atoms with van der Waals surface area (Å²) in [6, 6.07) is 0.211. The molecular formula is C11H21NO4S. The molecule has 0 spiro atoms. The molecule has 0 aromatic carbocycles. The summed E-state index contributed by atoms with van der Waals surface area (Å²) < 4.78 is 22.2. The van der Waals surface area contributed by atoms with E-state index in [9.17, 15) is 13.2 Å². The van der Waals surface area contributed by atoms with Crippen LogP contribution in [0, 0.1) is 0 Å². The largest absolute Gasteiger partial charge is 0.480 e. The molecule has 1 heterocycles. The van der Waals surface area contributed by atoms with Gasteiger partial charge in [-0.25, -0.2) is 8.42 Å². The number of rotatable bonds is 5. The highest BCUT2D eigenvalue weighted by Gasteiger charge is 2.41. The number of hydrogen-bond donors (Lipinski definition) is 2. The average Bonchev–Trinajstić information content (AvgIpc) is 2.27. The van der Waals surface area contributed by atoms with Crippen LogP contribution in [0.2, 0.25) is 0 Å². The molecule has 1 aliphatic heterocycles. The lowest BCUT2D eigenvalue weighted by molar-refractivity contribution is -0.139. The van der Waals surface area contributed by atoms with E-state index in [2.05, 4.69) is 5.32 Å². The number of sulfone groups is 1. The van der Waals surface area contributed by atoms with Crippen molar-refractivity contribution in [1.29, 1.82) is 0 Å². The molecule has 1 rings (SSSR count). The molecule has 0 amide bonds. The first kappa shape index (κ1) is 14.4. The number of hydrogen-bond acceptors (Lipinski definition) is 4. The molecule has 0 aromatic heterocycles. The summed E-state index contributed by atoms with van der Waals surface area (Å²) in [4.78, 5) is 10.9. The smallest absolute Gasteiger partial charge is 0.324 e. The standard InChI is InChI=1S/C11H21NO4S/c1-11(2,10(13)14)17(15,16)8-6-9-5-3-4-7-12-9/h9,12H,3-8H2,1-2H3,(H,13,14).